The minimum atomic E-state index is -4.11. The highest BCUT2D eigenvalue weighted by Gasteiger charge is 2.19. The molecule has 0 atom stereocenters. The van der Waals surface area contributed by atoms with Gasteiger partial charge in [0.1, 0.15) is 22.2 Å². The van der Waals surface area contributed by atoms with Gasteiger partial charge in [-0.25, -0.2) is 9.18 Å². The molecule has 1 aromatic heterocycles. The Hall–Kier alpha value is -4.11. The molecule has 37 heavy (non-hydrogen) atoms. The monoisotopic (exact) mass is 522 g/mol. The lowest BCUT2D eigenvalue weighted by Crippen LogP contribution is -2.34. The third-order valence-electron chi connectivity index (χ3n) is 5.65. The van der Waals surface area contributed by atoms with Gasteiger partial charge >= 0.3 is 16.1 Å². The summed E-state index contributed by atoms with van der Waals surface area (Å²) in [4.78, 5) is 14.6. The molecular formula is C28H27FN2O5S. The molecule has 3 aromatic carbocycles. The second-order valence-corrected chi connectivity index (χ2v) is 10.3. The van der Waals surface area contributed by atoms with Crippen molar-refractivity contribution in [2.24, 2.45) is 0 Å². The minimum Gasteiger partial charge on any atom is -0.467 e. The highest BCUT2D eigenvalue weighted by molar-refractivity contribution is 7.87. The van der Waals surface area contributed by atoms with Crippen molar-refractivity contribution < 1.29 is 26.2 Å². The number of amides is 2. The van der Waals surface area contributed by atoms with Crippen LogP contribution in [0.15, 0.2) is 101 Å². The maximum atomic E-state index is 13.1. The Morgan fingerprint density at radius 2 is 1.62 bits per heavy atom. The number of nitrogens with zero attached hydrogens (tertiary/aromatic N) is 1. The maximum Gasteiger partial charge on any atom is 0.339 e. The second kappa shape index (κ2) is 11.3. The van der Waals surface area contributed by atoms with Crippen molar-refractivity contribution in [2.45, 2.75) is 37.8 Å². The number of rotatable bonds is 9. The molecule has 0 fully saturated rings. The number of carbonyl (C=O) groups is 1. The molecule has 2 amide bonds. The van der Waals surface area contributed by atoms with Crippen LogP contribution in [0.5, 0.6) is 5.75 Å². The summed E-state index contributed by atoms with van der Waals surface area (Å²) >= 11 is 0. The van der Waals surface area contributed by atoms with Gasteiger partial charge in [-0.1, -0.05) is 38.1 Å². The zero-order valence-corrected chi connectivity index (χ0v) is 21.2. The van der Waals surface area contributed by atoms with Gasteiger partial charge in [0.2, 0.25) is 0 Å². The summed E-state index contributed by atoms with van der Waals surface area (Å²) in [5.74, 6) is 0.563. The number of urea groups is 1. The van der Waals surface area contributed by atoms with Crippen LogP contribution in [0.25, 0.3) is 0 Å². The summed E-state index contributed by atoms with van der Waals surface area (Å²) in [7, 11) is -4.11. The first kappa shape index (κ1) is 26.0. The fourth-order valence-corrected chi connectivity index (χ4v) is 4.52. The van der Waals surface area contributed by atoms with Crippen LogP contribution in [0.2, 0.25) is 0 Å². The largest absolute Gasteiger partial charge is 0.467 e. The smallest absolute Gasteiger partial charge is 0.339 e. The van der Waals surface area contributed by atoms with E-state index in [1.165, 1.54) is 17.7 Å². The van der Waals surface area contributed by atoms with Crippen molar-refractivity contribution in [2.75, 3.05) is 5.32 Å². The molecule has 0 aliphatic carbocycles. The molecule has 0 bridgehead atoms. The lowest BCUT2D eigenvalue weighted by molar-refractivity contribution is 0.201. The second-order valence-electron chi connectivity index (χ2n) is 8.78. The van der Waals surface area contributed by atoms with Crippen molar-refractivity contribution in [3.63, 3.8) is 0 Å². The van der Waals surface area contributed by atoms with Crippen molar-refractivity contribution >= 4 is 21.8 Å². The van der Waals surface area contributed by atoms with E-state index in [1.807, 2.05) is 24.3 Å². The zero-order chi connectivity index (χ0) is 26.4. The molecule has 1 N–H and O–H groups in total. The van der Waals surface area contributed by atoms with Crippen LogP contribution in [0, 0.1) is 5.82 Å². The molecule has 0 saturated carbocycles. The highest BCUT2D eigenvalue weighted by atomic mass is 32.2. The summed E-state index contributed by atoms with van der Waals surface area (Å²) in [6.07, 6.45) is 1.55. The van der Waals surface area contributed by atoms with Crippen molar-refractivity contribution in [1.82, 2.24) is 4.90 Å². The van der Waals surface area contributed by atoms with Crippen molar-refractivity contribution in [1.29, 1.82) is 0 Å². The van der Waals surface area contributed by atoms with E-state index in [1.54, 1.807) is 35.4 Å². The topological polar surface area (TPSA) is 88.9 Å². The number of furan rings is 1. The Labute approximate surface area is 215 Å². The highest BCUT2D eigenvalue weighted by Crippen LogP contribution is 2.22. The van der Waals surface area contributed by atoms with Crippen LogP contribution < -0.4 is 9.50 Å². The standard InChI is InChI=1S/C28H27FN2O5S/c1-20(2)22-7-11-24(12-8-22)30-28(32)31(19-26-4-3-17-35-26)18-21-5-13-25(14-6-21)36-37(33,34)27-15-9-23(29)10-16-27/h3-17,20H,18-19H2,1-2H3,(H,30,32). The Morgan fingerprint density at radius 1 is 0.946 bits per heavy atom. The van der Waals surface area contributed by atoms with E-state index in [2.05, 4.69) is 19.2 Å². The third kappa shape index (κ3) is 6.98. The van der Waals surface area contributed by atoms with E-state index in [0.717, 1.165) is 29.8 Å². The Kier molecular flexibility index (Phi) is 7.93. The number of anilines is 1. The van der Waals surface area contributed by atoms with Crippen LogP contribution in [-0.4, -0.2) is 19.3 Å². The van der Waals surface area contributed by atoms with Crippen LogP contribution >= 0.6 is 0 Å². The molecule has 7 nitrogen and oxygen atoms in total. The molecular weight excluding hydrogens is 495 g/mol. The van der Waals surface area contributed by atoms with Crippen molar-refractivity contribution in [3.05, 3.63) is 114 Å². The van der Waals surface area contributed by atoms with Gasteiger partial charge < -0.3 is 18.8 Å². The first-order chi connectivity index (χ1) is 17.7. The van der Waals surface area contributed by atoms with Gasteiger partial charge in [-0.3, -0.25) is 0 Å². The van der Waals surface area contributed by atoms with Gasteiger partial charge in [0.15, 0.2) is 0 Å². The van der Waals surface area contributed by atoms with Crippen LogP contribution in [0.1, 0.15) is 36.7 Å². The molecule has 1 heterocycles. The summed E-state index contributed by atoms with van der Waals surface area (Å²) in [6, 6.07) is 21.7. The number of carbonyl (C=O) groups excluding carboxylic acids is 1. The molecule has 4 aromatic rings. The lowest BCUT2D eigenvalue weighted by Gasteiger charge is -2.22. The van der Waals surface area contributed by atoms with E-state index >= 15 is 0 Å². The average molecular weight is 523 g/mol. The summed E-state index contributed by atoms with van der Waals surface area (Å²) in [5, 5.41) is 2.92. The van der Waals surface area contributed by atoms with Crippen LogP contribution in [0.3, 0.4) is 0 Å². The quantitative estimate of drug-likeness (QED) is 0.252. The van der Waals surface area contributed by atoms with Gasteiger partial charge in [-0.05, 0) is 77.7 Å². The van der Waals surface area contributed by atoms with Crippen LogP contribution in [0.4, 0.5) is 14.9 Å². The third-order valence-corrected chi connectivity index (χ3v) is 6.91. The zero-order valence-electron chi connectivity index (χ0n) is 20.4. The molecule has 192 valence electrons. The Bertz CT molecular complexity index is 1420. The van der Waals surface area contributed by atoms with Gasteiger partial charge in [0, 0.05) is 12.2 Å². The van der Waals surface area contributed by atoms with Gasteiger partial charge in [0.05, 0.1) is 12.8 Å². The number of hydrogen-bond acceptors (Lipinski definition) is 5. The first-order valence-electron chi connectivity index (χ1n) is 11.7. The average Bonchev–Trinajstić information content (AvgIpc) is 3.38. The van der Waals surface area contributed by atoms with E-state index < -0.39 is 15.9 Å². The predicted octanol–water partition coefficient (Wildman–Crippen LogP) is 6.54. The van der Waals surface area contributed by atoms with Crippen LogP contribution in [-0.2, 0) is 23.2 Å². The fraction of sp³-hybridized carbons (Fsp3) is 0.179. The minimum absolute atomic E-state index is 0.0975. The SMILES string of the molecule is CC(C)c1ccc(NC(=O)N(Cc2ccc(OS(=O)(=O)c3ccc(F)cc3)cc2)Cc2ccco2)cc1. The maximum absolute atomic E-state index is 13.1. The number of hydrogen-bond donors (Lipinski definition) is 1. The first-order valence-corrected chi connectivity index (χ1v) is 13.1. The summed E-state index contributed by atoms with van der Waals surface area (Å²) in [5.41, 5.74) is 2.60. The number of nitrogens with one attached hydrogen (secondary N) is 1. The fourth-order valence-electron chi connectivity index (χ4n) is 3.59. The van der Waals surface area contributed by atoms with E-state index in [0.29, 0.717) is 17.4 Å². The molecule has 9 heteroatoms. The van der Waals surface area contributed by atoms with Gasteiger partial charge in [-0.15, -0.1) is 0 Å². The molecule has 0 aliphatic heterocycles. The molecule has 0 spiro atoms. The normalized spacial score (nSPS) is 11.4. The van der Waals surface area contributed by atoms with E-state index in [9.17, 15) is 17.6 Å². The van der Waals surface area contributed by atoms with Gasteiger partial charge in [-0.2, -0.15) is 8.42 Å². The molecule has 0 unspecified atom stereocenters. The lowest BCUT2D eigenvalue weighted by atomic mass is 10.0. The van der Waals surface area contributed by atoms with E-state index in [4.69, 9.17) is 8.60 Å². The summed E-state index contributed by atoms with van der Waals surface area (Å²) in [6.45, 7) is 4.68. The molecule has 4 rings (SSSR count). The predicted molar refractivity (Wildman–Crippen MR) is 138 cm³/mol. The molecule has 0 aliphatic rings. The Balaban J connectivity index is 1.46. The summed E-state index contributed by atoms with van der Waals surface area (Å²) < 4.78 is 48.6. The number of halogens is 1. The molecule has 0 saturated heterocycles. The van der Waals surface area contributed by atoms with E-state index in [-0.39, 0.29) is 29.8 Å². The van der Waals surface area contributed by atoms with Crippen molar-refractivity contribution in [3.8, 4) is 5.75 Å². The van der Waals surface area contributed by atoms with Gasteiger partial charge in [0.25, 0.3) is 0 Å². The Morgan fingerprint density at radius 3 is 2.22 bits per heavy atom. The number of benzene rings is 3. The molecule has 0 radical (unpaired) electrons.